The number of amides is 1. The summed E-state index contributed by atoms with van der Waals surface area (Å²) < 4.78 is 11.3. The number of hydrogen-bond acceptors (Lipinski definition) is 8. The molecule has 0 radical (unpaired) electrons. The molecule has 1 aliphatic rings. The third-order valence-corrected chi connectivity index (χ3v) is 13.4. The molecule has 1 saturated heterocycles. The van der Waals surface area contributed by atoms with Crippen molar-refractivity contribution in [3.05, 3.63) is 97.2 Å². The van der Waals surface area contributed by atoms with Crippen LogP contribution in [0.25, 0.3) is 0 Å². The van der Waals surface area contributed by atoms with Crippen molar-refractivity contribution in [2.24, 2.45) is 0 Å². The topological polar surface area (TPSA) is 149 Å². The highest BCUT2D eigenvalue weighted by Crippen LogP contribution is 2.23. The largest absolute Gasteiger partial charge is 0.394 e. The van der Waals surface area contributed by atoms with Gasteiger partial charge in [0.2, 0.25) is 5.91 Å². The van der Waals surface area contributed by atoms with Gasteiger partial charge in [0.15, 0.2) is 6.29 Å². The first-order valence-electron chi connectivity index (χ1n) is 29.5. The smallest absolute Gasteiger partial charge is 0.220 e. The lowest BCUT2D eigenvalue weighted by atomic mass is 9.99. The second-order valence-corrected chi connectivity index (χ2v) is 20.0. The first-order valence-corrected chi connectivity index (χ1v) is 29.5. The van der Waals surface area contributed by atoms with Gasteiger partial charge in [0.05, 0.1) is 25.4 Å². The third-order valence-electron chi connectivity index (χ3n) is 13.4. The Kier molecular flexibility index (Phi) is 48.1. The number of allylic oxidation sites excluding steroid dienone is 15. The molecule has 0 aromatic rings. The van der Waals surface area contributed by atoms with Crippen molar-refractivity contribution in [1.29, 1.82) is 0 Å². The van der Waals surface area contributed by atoms with Gasteiger partial charge in [-0.05, 0) is 89.9 Å². The molecule has 0 aromatic heterocycles. The van der Waals surface area contributed by atoms with Crippen molar-refractivity contribution in [1.82, 2.24) is 5.32 Å². The number of nitrogens with one attached hydrogen (secondary N) is 1. The maximum absolute atomic E-state index is 13.1. The van der Waals surface area contributed by atoms with Crippen molar-refractivity contribution >= 4 is 5.91 Å². The molecule has 1 amide bonds. The number of aliphatic hydroxyl groups is 5. The van der Waals surface area contributed by atoms with Crippen LogP contribution >= 0.6 is 0 Å². The number of carbonyl (C=O) groups is 1. The lowest BCUT2D eigenvalue weighted by Gasteiger charge is -2.40. The van der Waals surface area contributed by atoms with Crippen molar-refractivity contribution < 1.29 is 39.8 Å². The van der Waals surface area contributed by atoms with Crippen LogP contribution < -0.4 is 5.32 Å². The first kappa shape index (κ1) is 67.1. The summed E-state index contributed by atoms with van der Waals surface area (Å²) in [6.45, 7) is 3.65. The van der Waals surface area contributed by atoms with Crippen LogP contribution in [0.3, 0.4) is 0 Å². The van der Waals surface area contributed by atoms with Gasteiger partial charge in [-0.3, -0.25) is 4.79 Å². The molecule has 72 heavy (non-hydrogen) atoms. The maximum Gasteiger partial charge on any atom is 0.220 e. The summed E-state index contributed by atoms with van der Waals surface area (Å²) in [7, 11) is 0. The van der Waals surface area contributed by atoms with Crippen molar-refractivity contribution in [2.75, 3.05) is 13.2 Å². The Balaban J connectivity index is 2.24. The highest BCUT2D eigenvalue weighted by Gasteiger charge is 2.44. The number of carbonyl (C=O) groups excluding carboxylic acids is 1. The fourth-order valence-electron chi connectivity index (χ4n) is 8.74. The molecule has 9 heteroatoms. The van der Waals surface area contributed by atoms with E-state index in [-0.39, 0.29) is 12.5 Å². The summed E-state index contributed by atoms with van der Waals surface area (Å²) >= 11 is 0. The van der Waals surface area contributed by atoms with Crippen LogP contribution in [0, 0.1) is 0 Å². The standard InChI is InChI=1S/C63H109NO8/c1-3-5-7-9-11-13-15-17-19-21-23-25-26-27-28-29-30-31-32-33-35-37-39-41-43-45-47-49-51-53-59(67)64-56(55-71-63-62(70)61(69)60(68)58(54-65)72-63)57(66)52-50-48-46-44-42-40-38-36-34-24-22-20-18-16-14-12-10-8-6-4-2/h5,7,11,13,17,19,23,25,27-28,34,36,42,44,50,52,56-58,60-63,65-66,68-70H,3-4,6,8-10,12,14-16,18,20-22,24,26,29-33,35,37-41,43,45-49,51,53-55H2,1-2H3,(H,64,67)/b7-5-,13-11-,19-17-,25-23-,28-27-,36-34+,44-42+,52-50+. The van der Waals surface area contributed by atoms with Crippen molar-refractivity contribution in [3.8, 4) is 0 Å². The SMILES string of the molecule is CC/C=C\C/C=C\C/C=C\C/C=C\C/C=C\CCCCCCCCCCCCCCCC(=O)NC(COC1OC(CO)C(O)C(O)C1O)C(O)/C=C/CC/C=C/CC/C=C/CCCCCCCCCCCC. The Labute approximate surface area is 441 Å². The van der Waals surface area contributed by atoms with E-state index in [9.17, 15) is 30.3 Å². The molecule has 0 spiro atoms. The zero-order valence-electron chi connectivity index (χ0n) is 45.9. The normalized spacial score (nSPS) is 19.9. The minimum absolute atomic E-state index is 0.195. The van der Waals surface area contributed by atoms with E-state index < -0.39 is 49.5 Å². The number of ether oxygens (including phenoxy) is 2. The molecule has 7 unspecified atom stereocenters. The minimum Gasteiger partial charge on any atom is -0.394 e. The molecule has 1 heterocycles. The molecular weight excluding hydrogens is 899 g/mol. The lowest BCUT2D eigenvalue weighted by molar-refractivity contribution is -0.302. The van der Waals surface area contributed by atoms with Gasteiger partial charge in [-0.1, -0.05) is 239 Å². The van der Waals surface area contributed by atoms with Crippen LogP contribution in [-0.4, -0.2) is 87.5 Å². The summed E-state index contributed by atoms with van der Waals surface area (Å²) in [4.78, 5) is 13.1. The van der Waals surface area contributed by atoms with Gasteiger partial charge in [-0.2, -0.15) is 0 Å². The summed E-state index contributed by atoms with van der Waals surface area (Å²) in [6.07, 6.45) is 67.6. The molecule has 1 aliphatic heterocycles. The number of unbranched alkanes of at least 4 members (excludes halogenated alkanes) is 25. The van der Waals surface area contributed by atoms with E-state index in [1.807, 2.05) is 6.08 Å². The molecule has 1 rings (SSSR count). The quantitative estimate of drug-likeness (QED) is 0.0261. The minimum atomic E-state index is -1.58. The van der Waals surface area contributed by atoms with Gasteiger partial charge in [-0.25, -0.2) is 0 Å². The summed E-state index contributed by atoms with van der Waals surface area (Å²) in [6, 6.07) is -0.835. The van der Waals surface area contributed by atoms with E-state index in [1.54, 1.807) is 6.08 Å². The molecule has 0 saturated carbocycles. The molecule has 1 fully saturated rings. The van der Waals surface area contributed by atoms with E-state index in [2.05, 4.69) is 104 Å². The van der Waals surface area contributed by atoms with Gasteiger partial charge in [0.1, 0.15) is 24.4 Å². The number of rotatable bonds is 49. The van der Waals surface area contributed by atoms with Gasteiger partial charge in [0.25, 0.3) is 0 Å². The Morgan fingerprint density at radius 1 is 0.486 bits per heavy atom. The van der Waals surface area contributed by atoms with E-state index >= 15 is 0 Å². The average Bonchev–Trinajstić information content (AvgIpc) is 3.38. The Bertz CT molecular complexity index is 1450. The van der Waals surface area contributed by atoms with Crippen LogP contribution in [-0.2, 0) is 14.3 Å². The predicted molar refractivity (Wildman–Crippen MR) is 304 cm³/mol. The van der Waals surface area contributed by atoms with Crippen LogP contribution in [0.15, 0.2) is 97.2 Å². The molecule has 9 nitrogen and oxygen atoms in total. The Morgan fingerprint density at radius 2 is 0.875 bits per heavy atom. The van der Waals surface area contributed by atoms with E-state index in [1.165, 1.54) is 141 Å². The fourth-order valence-corrected chi connectivity index (χ4v) is 8.74. The van der Waals surface area contributed by atoms with Gasteiger partial charge < -0.3 is 40.3 Å². The van der Waals surface area contributed by atoms with Crippen molar-refractivity contribution in [2.45, 2.75) is 281 Å². The second-order valence-electron chi connectivity index (χ2n) is 20.0. The van der Waals surface area contributed by atoms with Gasteiger partial charge >= 0.3 is 0 Å². The lowest BCUT2D eigenvalue weighted by Crippen LogP contribution is -2.60. The zero-order chi connectivity index (χ0) is 52.2. The second kappa shape index (κ2) is 51.6. The monoisotopic (exact) mass is 1010 g/mol. The maximum atomic E-state index is 13.1. The van der Waals surface area contributed by atoms with E-state index in [4.69, 9.17) is 9.47 Å². The van der Waals surface area contributed by atoms with Crippen LogP contribution in [0.4, 0.5) is 0 Å². The van der Waals surface area contributed by atoms with Crippen LogP contribution in [0.5, 0.6) is 0 Å². The summed E-state index contributed by atoms with van der Waals surface area (Å²) in [5.74, 6) is -0.195. The zero-order valence-corrected chi connectivity index (χ0v) is 45.9. The van der Waals surface area contributed by atoms with Crippen molar-refractivity contribution in [3.63, 3.8) is 0 Å². The van der Waals surface area contributed by atoms with Crippen LogP contribution in [0.1, 0.15) is 239 Å². The Hall–Kier alpha value is -2.89. The molecule has 0 bridgehead atoms. The molecule has 0 aromatic carbocycles. The number of aliphatic hydroxyl groups excluding tert-OH is 5. The fraction of sp³-hybridized carbons (Fsp3) is 0.730. The number of hydrogen-bond donors (Lipinski definition) is 6. The average molecular weight is 1010 g/mol. The van der Waals surface area contributed by atoms with Crippen LogP contribution in [0.2, 0.25) is 0 Å². The molecule has 0 aliphatic carbocycles. The molecule has 6 N–H and O–H groups in total. The van der Waals surface area contributed by atoms with E-state index in [0.29, 0.717) is 6.42 Å². The highest BCUT2D eigenvalue weighted by atomic mass is 16.7. The summed E-state index contributed by atoms with van der Waals surface area (Å²) in [5.41, 5.74) is 0. The van der Waals surface area contributed by atoms with Gasteiger partial charge in [-0.15, -0.1) is 0 Å². The third kappa shape index (κ3) is 40.5. The predicted octanol–water partition coefficient (Wildman–Crippen LogP) is 14.8. The molecule has 7 atom stereocenters. The molecule has 414 valence electrons. The molecular formula is C63H109NO8. The van der Waals surface area contributed by atoms with E-state index in [0.717, 1.165) is 77.0 Å². The van der Waals surface area contributed by atoms with Gasteiger partial charge in [0, 0.05) is 6.42 Å². The summed E-state index contributed by atoms with van der Waals surface area (Å²) in [5, 5.41) is 54.5. The first-order chi connectivity index (χ1) is 35.3. The Morgan fingerprint density at radius 3 is 1.33 bits per heavy atom. The highest BCUT2D eigenvalue weighted by molar-refractivity contribution is 5.76.